The molecule has 3 nitrogen and oxygen atoms in total. The predicted octanol–water partition coefficient (Wildman–Crippen LogP) is 2.67. The van der Waals surface area contributed by atoms with E-state index in [0.717, 1.165) is 10.2 Å². The normalized spacial score (nSPS) is 12.2. The summed E-state index contributed by atoms with van der Waals surface area (Å²) in [6.45, 7) is 0. The Balaban J connectivity index is 2.60. The lowest BCUT2D eigenvalue weighted by atomic mass is 10.2. The number of fused-ring (bicyclic) bond motifs is 1. The van der Waals surface area contributed by atoms with Gasteiger partial charge < -0.3 is 5.21 Å². The highest BCUT2D eigenvalue weighted by Gasteiger charge is 2.02. The van der Waals surface area contributed by atoms with Crippen LogP contribution in [-0.4, -0.2) is 15.4 Å². The molecule has 0 saturated carbocycles. The monoisotopic (exact) mass is 212 g/mol. The van der Waals surface area contributed by atoms with Crippen molar-refractivity contribution in [3.05, 3.63) is 29.3 Å². The van der Waals surface area contributed by atoms with Gasteiger partial charge in [-0.25, -0.2) is 4.98 Å². The van der Waals surface area contributed by atoms with Crippen LogP contribution in [0.25, 0.3) is 10.2 Å². The SMILES string of the molecule is ON=C(Cl)c1ccc2ncsc2c1. The molecule has 5 heteroatoms. The highest BCUT2D eigenvalue weighted by molar-refractivity contribution is 7.16. The van der Waals surface area contributed by atoms with E-state index in [1.807, 2.05) is 12.1 Å². The second-order valence-corrected chi connectivity index (χ2v) is 3.67. The van der Waals surface area contributed by atoms with Gasteiger partial charge in [-0.3, -0.25) is 0 Å². The van der Waals surface area contributed by atoms with Crippen LogP contribution < -0.4 is 0 Å². The van der Waals surface area contributed by atoms with E-state index in [0.29, 0.717) is 5.56 Å². The Kier molecular flexibility index (Phi) is 2.16. The van der Waals surface area contributed by atoms with Gasteiger partial charge in [0.15, 0.2) is 5.17 Å². The van der Waals surface area contributed by atoms with Gasteiger partial charge in [0.25, 0.3) is 0 Å². The summed E-state index contributed by atoms with van der Waals surface area (Å²) in [5.41, 5.74) is 3.38. The lowest BCUT2D eigenvalue weighted by Crippen LogP contribution is -1.89. The van der Waals surface area contributed by atoms with Gasteiger partial charge in [-0.15, -0.1) is 11.3 Å². The number of halogens is 1. The maximum Gasteiger partial charge on any atom is 0.175 e. The topological polar surface area (TPSA) is 45.5 Å². The van der Waals surface area contributed by atoms with E-state index in [4.69, 9.17) is 16.8 Å². The van der Waals surface area contributed by atoms with Crippen molar-refractivity contribution in [2.45, 2.75) is 0 Å². The summed E-state index contributed by atoms with van der Waals surface area (Å²) >= 11 is 7.17. The third-order valence-electron chi connectivity index (χ3n) is 1.66. The van der Waals surface area contributed by atoms with Crippen LogP contribution >= 0.6 is 22.9 Å². The first-order valence-electron chi connectivity index (χ1n) is 3.52. The molecular formula is C8H5ClN2OS. The summed E-state index contributed by atoms with van der Waals surface area (Å²) in [7, 11) is 0. The van der Waals surface area contributed by atoms with E-state index in [-0.39, 0.29) is 5.17 Å². The Morgan fingerprint density at radius 2 is 2.38 bits per heavy atom. The maximum atomic E-state index is 8.45. The van der Waals surface area contributed by atoms with E-state index >= 15 is 0 Å². The summed E-state index contributed by atoms with van der Waals surface area (Å²) in [5, 5.41) is 11.5. The molecule has 0 aliphatic heterocycles. The molecule has 0 radical (unpaired) electrons. The minimum Gasteiger partial charge on any atom is -0.410 e. The summed E-state index contributed by atoms with van der Waals surface area (Å²) < 4.78 is 1.03. The molecule has 1 aromatic carbocycles. The van der Waals surface area contributed by atoms with Gasteiger partial charge >= 0.3 is 0 Å². The smallest absolute Gasteiger partial charge is 0.175 e. The summed E-state index contributed by atoms with van der Waals surface area (Å²) in [4.78, 5) is 4.12. The Bertz CT molecular complexity index is 466. The summed E-state index contributed by atoms with van der Waals surface area (Å²) in [6.07, 6.45) is 0. The second-order valence-electron chi connectivity index (χ2n) is 2.43. The van der Waals surface area contributed by atoms with E-state index in [1.165, 1.54) is 11.3 Å². The third-order valence-corrected chi connectivity index (χ3v) is 2.74. The molecule has 66 valence electrons. The van der Waals surface area contributed by atoms with Crippen LogP contribution in [0.2, 0.25) is 0 Å². The van der Waals surface area contributed by atoms with E-state index < -0.39 is 0 Å². The lowest BCUT2D eigenvalue weighted by Gasteiger charge is -1.94. The molecule has 1 aromatic heterocycles. The average Bonchev–Trinajstić information content (AvgIpc) is 2.63. The Labute approximate surface area is 83.3 Å². The van der Waals surface area contributed by atoms with Gasteiger partial charge in [0, 0.05) is 5.56 Å². The first-order chi connectivity index (χ1) is 6.31. The first-order valence-corrected chi connectivity index (χ1v) is 4.78. The number of rotatable bonds is 1. The largest absolute Gasteiger partial charge is 0.410 e. The fourth-order valence-corrected chi connectivity index (χ4v) is 1.88. The zero-order valence-electron chi connectivity index (χ0n) is 6.44. The van der Waals surface area contributed by atoms with Crippen LogP contribution in [0.4, 0.5) is 0 Å². The number of hydrogen-bond donors (Lipinski definition) is 1. The molecule has 0 aliphatic rings. The fraction of sp³-hybridized carbons (Fsp3) is 0. The minimum absolute atomic E-state index is 0.0929. The highest BCUT2D eigenvalue weighted by Crippen LogP contribution is 2.20. The molecule has 1 heterocycles. The molecule has 0 bridgehead atoms. The average molecular weight is 213 g/mol. The number of aromatic nitrogens is 1. The maximum absolute atomic E-state index is 8.45. The molecule has 1 N–H and O–H groups in total. The predicted molar refractivity (Wildman–Crippen MR) is 53.8 cm³/mol. The highest BCUT2D eigenvalue weighted by atomic mass is 35.5. The molecule has 0 aliphatic carbocycles. The Morgan fingerprint density at radius 1 is 1.54 bits per heavy atom. The van der Waals surface area contributed by atoms with Crippen LogP contribution in [0.5, 0.6) is 0 Å². The van der Waals surface area contributed by atoms with Crippen molar-refractivity contribution < 1.29 is 5.21 Å². The Morgan fingerprint density at radius 3 is 3.15 bits per heavy atom. The van der Waals surface area contributed by atoms with Crippen LogP contribution in [-0.2, 0) is 0 Å². The zero-order chi connectivity index (χ0) is 9.26. The molecule has 0 amide bonds. The molecule has 0 spiro atoms. The van der Waals surface area contributed by atoms with Crippen molar-refractivity contribution in [1.82, 2.24) is 4.98 Å². The van der Waals surface area contributed by atoms with Gasteiger partial charge in [0.1, 0.15) is 0 Å². The van der Waals surface area contributed by atoms with E-state index in [9.17, 15) is 0 Å². The molecule has 2 aromatic rings. The van der Waals surface area contributed by atoms with Gasteiger partial charge in [-0.2, -0.15) is 0 Å². The van der Waals surface area contributed by atoms with Crippen molar-refractivity contribution in [1.29, 1.82) is 0 Å². The van der Waals surface area contributed by atoms with Crippen molar-refractivity contribution in [3.8, 4) is 0 Å². The third kappa shape index (κ3) is 1.50. The van der Waals surface area contributed by atoms with E-state index in [2.05, 4.69) is 10.1 Å². The lowest BCUT2D eigenvalue weighted by molar-refractivity contribution is 0.321. The standard InChI is InChI=1S/C8H5ClN2OS/c9-8(11-12)5-1-2-6-7(3-5)13-4-10-6/h1-4,12H. The molecular weight excluding hydrogens is 208 g/mol. The summed E-state index contributed by atoms with van der Waals surface area (Å²) in [5.74, 6) is 0. The quantitative estimate of drug-likeness (QED) is 0.449. The van der Waals surface area contributed by atoms with Crippen LogP contribution in [0, 0.1) is 0 Å². The van der Waals surface area contributed by atoms with Crippen molar-refractivity contribution in [3.63, 3.8) is 0 Å². The van der Waals surface area contributed by atoms with Gasteiger partial charge in [-0.1, -0.05) is 16.8 Å². The minimum atomic E-state index is 0.0929. The van der Waals surface area contributed by atoms with Crippen LogP contribution in [0.1, 0.15) is 5.56 Å². The molecule has 0 atom stereocenters. The van der Waals surface area contributed by atoms with Crippen molar-refractivity contribution in [2.24, 2.45) is 5.16 Å². The van der Waals surface area contributed by atoms with E-state index in [1.54, 1.807) is 11.6 Å². The van der Waals surface area contributed by atoms with Crippen molar-refractivity contribution in [2.75, 3.05) is 0 Å². The van der Waals surface area contributed by atoms with Gasteiger partial charge in [-0.05, 0) is 18.2 Å². The summed E-state index contributed by atoms with van der Waals surface area (Å²) in [6, 6.07) is 5.45. The zero-order valence-corrected chi connectivity index (χ0v) is 8.01. The van der Waals surface area contributed by atoms with Crippen molar-refractivity contribution >= 4 is 38.3 Å². The first kappa shape index (κ1) is 8.47. The fourth-order valence-electron chi connectivity index (χ4n) is 1.04. The van der Waals surface area contributed by atoms with Crippen LogP contribution in [0.15, 0.2) is 28.9 Å². The number of benzene rings is 1. The molecule has 0 unspecified atom stereocenters. The van der Waals surface area contributed by atoms with Crippen LogP contribution in [0.3, 0.4) is 0 Å². The molecule has 0 fully saturated rings. The number of thiazole rings is 1. The number of hydrogen-bond acceptors (Lipinski definition) is 4. The van der Waals surface area contributed by atoms with Gasteiger partial charge in [0.2, 0.25) is 0 Å². The molecule has 2 rings (SSSR count). The number of oxime groups is 1. The molecule has 0 saturated heterocycles. The van der Waals surface area contributed by atoms with Gasteiger partial charge in [0.05, 0.1) is 15.7 Å². The molecule has 13 heavy (non-hydrogen) atoms. The number of nitrogens with zero attached hydrogens (tertiary/aromatic N) is 2. The Hall–Kier alpha value is -1.13. The second kappa shape index (κ2) is 3.32.